The first-order valence-corrected chi connectivity index (χ1v) is 8.03. The number of allylic oxidation sites excluding steroid dienone is 1. The number of aryl methyl sites for hydroxylation is 1. The minimum atomic E-state index is 0.0494. The summed E-state index contributed by atoms with van der Waals surface area (Å²) in [7, 11) is 0. The molecular weight excluding hydrogens is 266 g/mol. The van der Waals surface area contributed by atoms with Gasteiger partial charge in [0, 0.05) is 17.7 Å². The van der Waals surface area contributed by atoms with Gasteiger partial charge in [0.25, 0.3) is 0 Å². The van der Waals surface area contributed by atoms with E-state index in [0.29, 0.717) is 0 Å². The van der Waals surface area contributed by atoms with Gasteiger partial charge in [-0.15, -0.1) is 0 Å². The molecule has 0 bridgehead atoms. The van der Waals surface area contributed by atoms with Crippen molar-refractivity contribution < 1.29 is 4.58 Å². The van der Waals surface area contributed by atoms with Gasteiger partial charge in [-0.1, -0.05) is 48.0 Å². The summed E-state index contributed by atoms with van der Waals surface area (Å²) in [5.41, 5.74) is 6.73. The van der Waals surface area contributed by atoms with Gasteiger partial charge in [0.1, 0.15) is 6.54 Å². The van der Waals surface area contributed by atoms with Gasteiger partial charge in [-0.25, -0.2) is 0 Å². The van der Waals surface area contributed by atoms with Crippen LogP contribution in [0.5, 0.6) is 0 Å². The van der Waals surface area contributed by atoms with Gasteiger partial charge >= 0.3 is 0 Å². The molecule has 0 N–H and O–H groups in total. The minimum absolute atomic E-state index is 0.0494. The van der Waals surface area contributed by atoms with Crippen LogP contribution in [0.25, 0.3) is 6.08 Å². The zero-order chi connectivity index (χ0) is 15.7. The Bertz CT molecular complexity index is 746. The molecule has 0 saturated carbocycles. The summed E-state index contributed by atoms with van der Waals surface area (Å²) in [5, 5.41) is 0. The Morgan fingerprint density at radius 2 is 1.64 bits per heavy atom. The van der Waals surface area contributed by atoms with Crippen molar-refractivity contribution in [1.82, 2.24) is 0 Å². The summed E-state index contributed by atoms with van der Waals surface area (Å²) in [4.78, 5) is 0. The van der Waals surface area contributed by atoms with E-state index in [1.807, 2.05) is 0 Å². The maximum atomic E-state index is 2.43. The third kappa shape index (κ3) is 2.41. The summed E-state index contributed by atoms with van der Waals surface area (Å²) in [6.07, 6.45) is 4.51. The van der Waals surface area contributed by atoms with E-state index in [1.165, 1.54) is 28.1 Å². The van der Waals surface area contributed by atoms with E-state index in [-0.39, 0.29) is 5.41 Å². The summed E-state index contributed by atoms with van der Waals surface area (Å²) in [6.45, 7) is 9.97. The summed E-state index contributed by atoms with van der Waals surface area (Å²) >= 11 is 0. The zero-order valence-corrected chi connectivity index (χ0v) is 13.9. The van der Waals surface area contributed by atoms with Crippen molar-refractivity contribution in [3.63, 3.8) is 0 Å². The lowest BCUT2D eigenvalue weighted by Crippen LogP contribution is -2.27. The molecule has 22 heavy (non-hydrogen) atoms. The molecule has 1 aliphatic rings. The van der Waals surface area contributed by atoms with E-state index in [4.69, 9.17) is 0 Å². The average molecular weight is 290 g/mol. The number of benzene rings is 2. The SMILES string of the molecule is CC[N+]1=C(/C=C/c2ccc(C)cc2)C(C)(C)c2ccccc21. The highest BCUT2D eigenvalue weighted by molar-refractivity contribution is 6.05. The number of para-hydroxylation sites is 1. The van der Waals surface area contributed by atoms with Crippen LogP contribution in [0.1, 0.15) is 37.5 Å². The molecule has 0 atom stereocenters. The number of nitrogens with zero attached hydrogens (tertiary/aromatic N) is 1. The van der Waals surface area contributed by atoms with Gasteiger partial charge in [-0.2, -0.15) is 4.58 Å². The van der Waals surface area contributed by atoms with Crippen LogP contribution in [0, 0.1) is 6.92 Å². The molecule has 0 fully saturated rings. The van der Waals surface area contributed by atoms with Crippen molar-refractivity contribution >= 4 is 17.5 Å². The second kappa shape index (κ2) is 5.57. The first-order valence-electron chi connectivity index (χ1n) is 8.03. The molecule has 1 nitrogen and oxygen atoms in total. The number of hydrogen-bond acceptors (Lipinski definition) is 0. The van der Waals surface area contributed by atoms with Gasteiger partial charge in [0.05, 0.1) is 5.41 Å². The normalized spacial score (nSPS) is 16.4. The monoisotopic (exact) mass is 290 g/mol. The Kier molecular flexibility index (Phi) is 3.74. The second-order valence-corrected chi connectivity index (χ2v) is 6.52. The topological polar surface area (TPSA) is 3.01 Å². The fourth-order valence-electron chi connectivity index (χ4n) is 3.33. The summed E-state index contributed by atoms with van der Waals surface area (Å²) in [5.74, 6) is 0. The average Bonchev–Trinajstić information content (AvgIpc) is 2.74. The Labute approximate surface area is 133 Å². The fraction of sp³-hybridized carbons (Fsp3) is 0.286. The Balaban J connectivity index is 2.03. The molecule has 1 heterocycles. The van der Waals surface area contributed by atoms with Crippen LogP contribution in [-0.2, 0) is 5.41 Å². The van der Waals surface area contributed by atoms with Gasteiger partial charge in [-0.3, -0.25) is 0 Å². The molecule has 0 spiro atoms. The third-order valence-electron chi connectivity index (χ3n) is 4.63. The summed E-state index contributed by atoms with van der Waals surface area (Å²) in [6, 6.07) is 17.4. The van der Waals surface area contributed by atoms with Crippen LogP contribution in [-0.4, -0.2) is 16.8 Å². The fourth-order valence-corrected chi connectivity index (χ4v) is 3.33. The molecule has 3 rings (SSSR count). The number of hydrogen-bond donors (Lipinski definition) is 0. The molecule has 1 aliphatic heterocycles. The highest BCUT2D eigenvalue weighted by Gasteiger charge is 2.43. The van der Waals surface area contributed by atoms with Crippen LogP contribution in [0.2, 0.25) is 0 Å². The lowest BCUT2D eigenvalue weighted by molar-refractivity contribution is -0.433. The quantitative estimate of drug-likeness (QED) is 0.691. The summed E-state index contributed by atoms with van der Waals surface area (Å²) < 4.78 is 2.43. The molecule has 0 radical (unpaired) electrons. The Hall–Kier alpha value is -2.15. The first-order chi connectivity index (χ1) is 10.5. The third-order valence-corrected chi connectivity index (χ3v) is 4.63. The predicted molar refractivity (Wildman–Crippen MR) is 95.1 cm³/mol. The van der Waals surface area contributed by atoms with E-state index in [9.17, 15) is 0 Å². The van der Waals surface area contributed by atoms with E-state index in [1.54, 1.807) is 0 Å². The van der Waals surface area contributed by atoms with Crippen LogP contribution >= 0.6 is 0 Å². The zero-order valence-electron chi connectivity index (χ0n) is 13.9. The molecule has 0 amide bonds. The smallest absolute Gasteiger partial charge is 0.195 e. The Morgan fingerprint density at radius 3 is 2.32 bits per heavy atom. The molecule has 0 saturated heterocycles. The van der Waals surface area contributed by atoms with Crippen LogP contribution in [0.4, 0.5) is 5.69 Å². The van der Waals surface area contributed by atoms with Crippen LogP contribution in [0.3, 0.4) is 0 Å². The lowest BCUT2D eigenvalue weighted by atomic mass is 9.81. The van der Waals surface area contributed by atoms with Crippen molar-refractivity contribution in [2.24, 2.45) is 0 Å². The molecule has 1 heteroatoms. The van der Waals surface area contributed by atoms with E-state index in [0.717, 1.165) is 6.54 Å². The van der Waals surface area contributed by atoms with Gasteiger partial charge in [-0.05, 0) is 39.3 Å². The maximum absolute atomic E-state index is 2.43. The van der Waals surface area contributed by atoms with E-state index >= 15 is 0 Å². The van der Waals surface area contributed by atoms with Crippen LogP contribution in [0.15, 0.2) is 54.6 Å². The van der Waals surface area contributed by atoms with Crippen molar-refractivity contribution in [2.45, 2.75) is 33.1 Å². The standard InChI is InChI=1S/C21H24N/c1-5-22-19-9-7-6-8-18(19)21(3,4)20(22)15-14-17-12-10-16(2)11-13-17/h6-15H,5H2,1-4H3/q+1/b15-14+. The molecule has 112 valence electrons. The molecule has 0 unspecified atom stereocenters. The van der Waals surface area contributed by atoms with Crippen molar-refractivity contribution in [3.05, 3.63) is 71.3 Å². The maximum Gasteiger partial charge on any atom is 0.209 e. The number of fused-ring (bicyclic) bond motifs is 1. The van der Waals surface area contributed by atoms with Gasteiger partial charge in [0.2, 0.25) is 5.69 Å². The van der Waals surface area contributed by atoms with Crippen LogP contribution < -0.4 is 0 Å². The van der Waals surface area contributed by atoms with Crippen molar-refractivity contribution in [2.75, 3.05) is 6.54 Å². The predicted octanol–water partition coefficient (Wildman–Crippen LogP) is 5.10. The molecular formula is C21H24N+. The van der Waals surface area contributed by atoms with E-state index < -0.39 is 0 Å². The minimum Gasteiger partial charge on any atom is -0.195 e. The van der Waals surface area contributed by atoms with Crippen molar-refractivity contribution in [1.29, 1.82) is 0 Å². The van der Waals surface area contributed by atoms with Crippen molar-refractivity contribution in [3.8, 4) is 0 Å². The first kappa shape index (κ1) is 14.8. The molecule has 2 aromatic carbocycles. The highest BCUT2D eigenvalue weighted by Crippen LogP contribution is 2.39. The lowest BCUT2D eigenvalue weighted by Gasteiger charge is -2.15. The van der Waals surface area contributed by atoms with Gasteiger partial charge < -0.3 is 0 Å². The van der Waals surface area contributed by atoms with Gasteiger partial charge in [0.15, 0.2) is 5.71 Å². The number of rotatable bonds is 3. The van der Waals surface area contributed by atoms with E-state index in [2.05, 4.69) is 93.0 Å². The molecule has 0 aliphatic carbocycles. The second-order valence-electron chi connectivity index (χ2n) is 6.52. The Morgan fingerprint density at radius 1 is 0.955 bits per heavy atom. The molecule has 0 aromatic heterocycles. The largest absolute Gasteiger partial charge is 0.209 e. The molecule has 2 aromatic rings. The highest BCUT2D eigenvalue weighted by atomic mass is 15.0.